The van der Waals surface area contributed by atoms with Crippen molar-refractivity contribution in [3.63, 3.8) is 0 Å². The SMILES string of the molecule is CC(C)(C)OC(=O)N[C@H](c1ccccc1)[C@@H](C#N)c1ccccc1. The van der Waals surface area contributed by atoms with E-state index in [1.807, 2.05) is 81.4 Å². The minimum atomic E-state index is -0.597. The lowest BCUT2D eigenvalue weighted by Crippen LogP contribution is -2.37. The second-order valence-corrected chi connectivity index (χ2v) is 6.55. The van der Waals surface area contributed by atoms with Crippen molar-refractivity contribution in [2.45, 2.75) is 38.3 Å². The van der Waals surface area contributed by atoms with Crippen LogP contribution in [0.3, 0.4) is 0 Å². The van der Waals surface area contributed by atoms with Gasteiger partial charge < -0.3 is 10.1 Å². The third-order valence-electron chi connectivity index (χ3n) is 3.46. The van der Waals surface area contributed by atoms with Crippen LogP contribution in [0, 0.1) is 11.3 Å². The van der Waals surface area contributed by atoms with Crippen LogP contribution >= 0.6 is 0 Å². The largest absolute Gasteiger partial charge is 0.444 e. The molecule has 0 saturated heterocycles. The monoisotopic (exact) mass is 322 g/mol. The Morgan fingerprint density at radius 3 is 1.96 bits per heavy atom. The fraction of sp³-hybridized carbons (Fsp3) is 0.300. The first-order valence-corrected chi connectivity index (χ1v) is 7.90. The fourth-order valence-corrected chi connectivity index (χ4v) is 2.46. The summed E-state index contributed by atoms with van der Waals surface area (Å²) in [7, 11) is 0. The van der Waals surface area contributed by atoms with E-state index in [0.717, 1.165) is 11.1 Å². The molecule has 24 heavy (non-hydrogen) atoms. The minimum Gasteiger partial charge on any atom is -0.444 e. The van der Waals surface area contributed by atoms with Gasteiger partial charge in [0.2, 0.25) is 0 Å². The van der Waals surface area contributed by atoms with Gasteiger partial charge in [-0.3, -0.25) is 0 Å². The van der Waals surface area contributed by atoms with E-state index in [4.69, 9.17) is 4.74 Å². The Hall–Kier alpha value is -2.80. The number of alkyl carbamates (subject to hydrolysis) is 1. The van der Waals surface area contributed by atoms with Gasteiger partial charge in [0, 0.05) is 0 Å². The van der Waals surface area contributed by atoms with Crippen molar-refractivity contribution in [3.05, 3.63) is 71.8 Å². The highest BCUT2D eigenvalue weighted by atomic mass is 16.6. The first-order valence-electron chi connectivity index (χ1n) is 7.90. The van der Waals surface area contributed by atoms with Crippen molar-refractivity contribution in [2.24, 2.45) is 0 Å². The number of benzene rings is 2. The first kappa shape index (κ1) is 17.6. The molecule has 0 aliphatic heterocycles. The van der Waals surface area contributed by atoms with Crippen LogP contribution in [0.2, 0.25) is 0 Å². The average Bonchev–Trinajstić information content (AvgIpc) is 2.55. The Kier molecular flexibility index (Phi) is 5.59. The Balaban J connectivity index is 2.33. The molecule has 2 atom stereocenters. The number of ether oxygens (including phenoxy) is 1. The predicted octanol–water partition coefficient (Wildman–Crippen LogP) is 4.56. The van der Waals surface area contributed by atoms with E-state index in [1.54, 1.807) is 0 Å². The summed E-state index contributed by atoms with van der Waals surface area (Å²) in [6.07, 6.45) is -0.535. The van der Waals surface area contributed by atoms with Crippen LogP contribution in [-0.4, -0.2) is 11.7 Å². The molecule has 0 saturated carbocycles. The van der Waals surface area contributed by atoms with Crippen molar-refractivity contribution in [1.82, 2.24) is 5.32 Å². The van der Waals surface area contributed by atoms with Crippen molar-refractivity contribution in [3.8, 4) is 6.07 Å². The molecule has 0 bridgehead atoms. The summed E-state index contributed by atoms with van der Waals surface area (Å²) in [6, 6.07) is 20.7. The van der Waals surface area contributed by atoms with Gasteiger partial charge in [0.15, 0.2) is 0 Å². The topological polar surface area (TPSA) is 62.1 Å². The van der Waals surface area contributed by atoms with Crippen LogP contribution in [-0.2, 0) is 4.74 Å². The first-order chi connectivity index (χ1) is 11.4. The molecule has 0 heterocycles. The molecule has 2 aromatic carbocycles. The average molecular weight is 322 g/mol. The maximum absolute atomic E-state index is 12.3. The van der Waals surface area contributed by atoms with Crippen LogP contribution in [0.4, 0.5) is 4.79 Å². The molecule has 0 aromatic heterocycles. The predicted molar refractivity (Wildman–Crippen MR) is 93.3 cm³/mol. The Labute approximate surface area is 143 Å². The van der Waals surface area contributed by atoms with Crippen molar-refractivity contribution in [2.75, 3.05) is 0 Å². The van der Waals surface area contributed by atoms with E-state index < -0.39 is 23.7 Å². The number of carbonyl (C=O) groups is 1. The highest BCUT2D eigenvalue weighted by Gasteiger charge is 2.28. The molecule has 0 fully saturated rings. The number of hydrogen-bond acceptors (Lipinski definition) is 3. The van der Waals surface area contributed by atoms with E-state index in [2.05, 4.69) is 11.4 Å². The highest BCUT2D eigenvalue weighted by molar-refractivity contribution is 5.68. The van der Waals surface area contributed by atoms with Gasteiger partial charge in [0.05, 0.1) is 18.0 Å². The van der Waals surface area contributed by atoms with Gasteiger partial charge in [-0.2, -0.15) is 5.26 Å². The van der Waals surface area contributed by atoms with Gasteiger partial charge in [-0.15, -0.1) is 0 Å². The Morgan fingerprint density at radius 1 is 1.00 bits per heavy atom. The molecule has 0 radical (unpaired) electrons. The van der Waals surface area contributed by atoms with Crippen LogP contribution in [0.25, 0.3) is 0 Å². The summed E-state index contributed by atoms with van der Waals surface area (Å²) < 4.78 is 5.36. The van der Waals surface area contributed by atoms with Gasteiger partial charge in [-0.25, -0.2) is 4.79 Å². The number of hydrogen-bond donors (Lipinski definition) is 1. The van der Waals surface area contributed by atoms with E-state index in [9.17, 15) is 10.1 Å². The molecule has 2 aromatic rings. The van der Waals surface area contributed by atoms with Crippen molar-refractivity contribution in [1.29, 1.82) is 5.26 Å². The fourth-order valence-electron chi connectivity index (χ4n) is 2.46. The second kappa shape index (κ2) is 7.65. The normalized spacial score (nSPS) is 13.4. The van der Waals surface area contributed by atoms with Crippen LogP contribution in [0.15, 0.2) is 60.7 Å². The smallest absolute Gasteiger partial charge is 0.408 e. The molecular weight excluding hydrogens is 300 g/mol. The molecule has 0 aliphatic carbocycles. The molecule has 0 aliphatic rings. The zero-order valence-corrected chi connectivity index (χ0v) is 14.2. The molecule has 4 heteroatoms. The third-order valence-corrected chi connectivity index (χ3v) is 3.46. The Morgan fingerprint density at radius 2 is 1.50 bits per heavy atom. The lowest BCUT2D eigenvalue weighted by molar-refractivity contribution is 0.0500. The maximum Gasteiger partial charge on any atom is 0.408 e. The standard InChI is InChI=1S/C20H22N2O2/c1-20(2,3)24-19(23)22-18(16-12-8-5-9-13-16)17(14-21)15-10-6-4-7-11-15/h4-13,17-18H,1-3H3,(H,22,23)/t17-,18+/m0/s1. The summed E-state index contributed by atoms with van der Waals surface area (Å²) in [6.45, 7) is 5.43. The summed E-state index contributed by atoms with van der Waals surface area (Å²) in [5.41, 5.74) is 1.11. The zero-order chi connectivity index (χ0) is 17.6. The maximum atomic E-state index is 12.3. The van der Waals surface area contributed by atoms with Gasteiger partial charge in [0.1, 0.15) is 5.60 Å². The van der Waals surface area contributed by atoms with E-state index in [-0.39, 0.29) is 0 Å². The summed E-state index contributed by atoms with van der Waals surface area (Å²) in [5.74, 6) is -0.513. The lowest BCUT2D eigenvalue weighted by Gasteiger charge is -2.26. The molecule has 0 unspecified atom stereocenters. The molecule has 2 rings (SSSR count). The number of rotatable bonds is 4. The summed E-state index contributed by atoms with van der Waals surface area (Å²) >= 11 is 0. The third kappa shape index (κ3) is 4.85. The van der Waals surface area contributed by atoms with Gasteiger partial charge in [-0.1, -0.05) is 60.7 Å². The van der Waals surface area contributed by atoms with Gasteiger partial charge in [-0.05, 0) is 31.9 Å². The Bertz CT molecular complexity index is 700. The summed E-state index contributed by atoms with van der Waals surface area (Å²) in [5, 5.41) is 12.6. The van der Waals surface area contributed by atoms with E-state index in [1.165, 1.54) is 0 Å². The molecule has 4 nitrogen and oxygen atoms in total. The molecule has 0 spiro atoms. The summed E-state index contributed by atoms with van der Waals surface area (Å²) in [4.78, 5) is 12.3. The number of nitrogens with one attached hydrogen (secondary N) is 1. The van der Waals surface area contributed by atoms with Crippen molar-refractivity contribution < 1.29 is 9.53 Å². The number of nitriles is 1. The van der Waals surface area contributed by atoms with Gasteiger partial charge >= 0.3 is 6.09 Å². The van der Waals surface area contributed by atoms with Crippen LogP contribution < -0.4 is 5.32 Å². The van der Waals surface area contributed by atoms with Gasteiger partial charge in [0.25, 0.3) is 0 Å². The second-order valence-electron chi connectivity index (χ2n) is 6.55. The van der Waals surface area contributed by atoms with E-state index >= 15 is 0 Å². The molecular formula is C20H22N2O2. The van der Waals surface area contributed by atoms with Crippen LogP contribution in [0.1, 0.15) is 43.9 Å². The number of nitrogens with zero attached hydrogens (tertiary/aromatic N) is 1. The molecule has 1 amide bonds. The van der Waals surface area contributed by atoms with E-state index in [0.29, 0.717) is 0 Å². The quantitative estimate of drug-likeness (QED) is 0.897. The number of amides is 1. The molecule has 1 N–H and O–H groups in total. The minimum absolute atomic E-state index is 0.492. The van der Waals surface area contributed by atoms with Crippen molar-refractivity contribution >= 4 is 6.09 Å². The van der Waals surface area contributed by atoms with Crippen LogP contribution in [0.5, 0.6) is 0 Å². The lowest BCUT2D eigenvalue weighted by atomic mass is 9.88. The molecule has 124 valence electrons. The number of carbonyl (C=O) groups excluding carboxylic acids is 1. The zero-order valence-electron chi connectivity index (χ0n) is 14.2. The highest BCUT2D eigenvalue weighted by Crippen LogP contribution is 2.30.